The minimum atomic E-state index is -0.253. The molecule has 4 rings (SSSR count). The summed E-state index contributed by atoms with van der Waals surface area (Å²) in [7, 11) is 0. The van der Waals surface area contributed by atoms with Crippen molar-refractivity contribution in [3.8, 4) is 0 Å². The fourth-order valence-corrected chi connectivity index (χ4v) is 5.33. The Morgan fingerprint density at radius 3 is 2.64 bits per heavy atom. The molecule has 2 heterocycles. The summed E-state index contributed by atoms with van der Waals surface area (Å²) < 4.78 is 0. The van der Waals surface area contributed by atoms with E-state index in [1.807, 2.05) is 0 Å². The predicted molar refractivity (Wildman–Crippen MR) is 109 cm³/mol. The normalized spacial score (nSPS) is 21.6. The Kier molecular flexibility index (Phi) is 5.73. The lowest BCUT2D eigenvalue weighted by molar-refractivity contribution is 0.0867. The van der Waals surface area contributed by atoms with Crippen LogP contribution >= 0.6 is 11.3 Å². The van der Waals surface area contributed by atoms with Crippen molar-refractivity contribution in [2.24, 2.45) is 0 Å². The highest BCUT2D eigenvalue weighted by molar-refractivity contribution is 7.17. The summed E-state index contributed by atoms with van der Waals surface area (Å²) in [6, 6.07) is 3.51. The van der Waals surface area contributed by atoms with Crippen LogP contribution in [-0.4, -0.2) is 34.1 Å². The average Bonchev–Trinajstić information content (AvgIpc) is 3.08. The molecule has 2 aliphatic carbocycles. The van der Waals surface area contributed by atoms with Crippen molar-refractivity contribution >= 4 is 28.2 Å². The van der Waals surface area contributed by atoms with Crippen LogP contribution in [0.3, 0.4) is 0 Å². The van der Waals surface area contributed by atoms with Gasteiger partial charge in [-0.3, -0.25) is 14.6 Å². The van der Waals surface area contributed by atoms with Crippen LogP contribution in [0.15, 0.2) is 24.5 Å². The summed E-state index contributed by atoms with van der Waals surface area (Å²) in [6.07, 6.45) is 9.93. The molecular formula is C21H25N3O3S. The molecule has 1 saturated carbocycles. The van der Waals surface area contributed by atoms with Crippen LogP contribution < -0.4 is 10.6 Å². The molecule has 7 heteroatoms. The van der Waals surface area contributed by atoms with E-state index in [-0.39, 0.29) is 24.0 Å². The molecule has 2 amide bonds. The number of aromatic nitrogens is 1. The number of nitrogens with zero attached hydrogens (tertiary/aromatic N) is 1. The van der Waals surface area contributed by atoms with E-state index in [9.17, 15) is 14.7 Å². The zero-order chi connectivity index (χ0) is 19.5. The number of nitrogens with one attached hydrogen (secondary N) is 2. The topological polar surface area (TPSA) is 91.3 Å². The van der Waals surface area contributed by atoms with Crippen LogP contribution in [-0.2, 0) is 12.8 Å². The Bertz CT molecular complexity index is 857. The first-order chi connectivity index (χ1) is 13.6. The van der Waals surface area contributed by atoms with Gasteiger partial charge in [0.25, 0.3) is 11.8 Å². The molecule has 0 atom stereocenters. The van der Waals surface area contributed by atoms with Gasteiger partial charge in [-0.15, -0.1) is 11.3 Å². The second kappa shape index (κ2) is 8.41. The molecule has 0 radical (unpaired) electrons. The van der Waals surface area contributed by atoms with Gasteiger partial charge in [0.2, 0.25) is 0 Å². The molecule has 28 heavy (non-hydrogen) atoms. The molecule has 2 aromatic heterocycles. The highest BCUT2D eigenvalue weighted by Crippen LogP contribution is 2.38. The quantitative estimate of drug-likeness (QED) is 0.736. The van der Waals surface area contributed by atoms with E-state index in [0.717, 1.165) is 56.9 Å². The molecule has 0 spiro atoms. The lowest BCUT2D eigenvalue weighted by atomic mass is 9.92. The van der Waals surface area contributed by atoms with Crippen LogP contribution in [0, 0.1) is 0 Å². The van der Waals surface area contributed by atoms with E-state index in [1.54, 1.807) is 18.3 Å². The van der Waals surface area contributed by atoms with Gasteiger partial charge in [-0.2, -0.15) is 0 Å². The Hall–Kier alpha value is -2.25. The molecule has 0 bridgehead atoms. The van der Waals surface area contributed by atoms with Crippen LogP contribution in [0.1, 0.15) is 69.7 Å². The number of aliphatic hydroxyl groups is 1. The fraction of sp³-hybridized carbons (Fsp3) is 0.476. The van der Waals surface area contributed by atoms with Gasteiger partial charge in [-0.1, -0.05) is 0 Å². The largest absolute Gasteiger partial charge is 0.393 e. The number of fused-ring (bicyclic) bond motifs is 1. The molecule has 148 valence electrons. The molecule has 0 aromatic carbocycles. The van der Waals surface area contributed by atoms with Crippen LogP contribution in [0.25, 0.3) is 0 Å². The first-order valence-corrected chi connectivity index (χ1v) is 10.8. The van der Waals surface area contributed by atoms with Gasteiger partial charge in [0.1, 0.15) is 5.00 Å². The second-order valence-corrected chi connectivity index (χ2v) is 8.69. The molecule has 1 fully saturated rings. The van der Waals surface area contributed by atoms with Crippen LogP contribution in [0.4, 0.5) is 5.00 Å². The highest BCUT2D eigenvalue weighted by Gasteiger charge is 2.29. The van der Waals surface area contributed by atoms with E-state index >= 15 is 0 Å². The Balaban J connectivity index is 1.57. The molecule has 0 aliphatic heterocycles. The van der Waals surface area contributed by atoms with E-state index in [2.05, 4.69) is 15.6 Å². The lowest BCUT2D eigenvalue weighted by Crippen LogP contribution is -2.39. The molecule has 3 N–H and O–H groups in total. The summed E-state index contributed by atoms with van der Waals surface area (Å²) in [5.41, 5.74) is 2.19. The van der Waals surface area contributed by atoms with Gasteiger partial charge in [0.15, 0.2) is 0 Å². The average molecular weight is 400 g/mol. The summed E-state index contributed by atoms with van der Waals surface area (Å²) in [4.78, 5) is 31.0. The van der Waals surface area contributed by atoms with Gasteiger partial charge in [-0.05, 0) is 69.1 Å². The van der Waals surface area contributed by atoms with E-state index in [1.165, 1.54) is 22.4 Å². The van der Waals surface area contributed by atoms with Gasteiger partial charge in [-0.25, -0.2) is 0 Å². The Labute approximate surface area is 168 Å². The first-order valence-electron chi connectivity index (χ1n) is 9.96. The summed E-state index contributed by atoms with van der Waals surface area (Å²) in [5.74, 6) is -0.358. The zero-order valence-corrected chi connectivity index (χ0v) is 16.6. The number of hydrogen-bond acceptors (Lipinski definition) is 5. The van der Waals surface area contributed by atoms with Crippen molar-refractivity contribution in [3.63, 3.8) is 0 Å². The van der Waals surface area contributed by atoms with Gasteiger partial charge < -0.3 is 15.7 Å². The number of carbonyl (C=O) groups excluding carboxylic acids is 2. The summed E-state index contributed by atoms with van der Waals surface area (Å²) in [6.45, 7) is 0. The molecule has 2 aliphatic rings. The van der Waals surface area contributed by atoms with Gasteiger partial charge in [0, 0.05) is 23.3 Å². The molecule has 2 aromatic rings. The minimum absolute atomic E-state index is 0.0805. The first kappa shape index (κ1) is 19.1. The lowest BCUT2D eigenvalue weighted by Gasteiger charge is -2.26. The number of amides is 2. The highest BCUT2D eigenvalue weighted by atomic mass is 32.1. The molecular weight excluding hydrogens is 374 g/mol. The van der Waals surface area contributed by atoms with Crippen molar-refractivity contribution in [1.29, 1.82) is 0 Å². The van der Waals surface area contributed by atoms with E-state index in [0.29, 0.717) is 16.1 Å². The van der Waals surface area contributed by atoms with Crippen LogP contribution in [0.2, 0.25) is 0 Å². The summed E-state index contributed by atoms with van der Waals surface area (Å²) >= 11 is 1.52. The third kappa shape index (κ3) is 4.10. The molecule has 0 saturated heterocycles. The number of rotatable bonds is 4. The fourth-order valence-electron chi connectivity index (χ4n) is 4.04. The second-order valence-electron chi connectivity index (χ2n) is 7.59. The maximum absolute atomic E-state index is 13.1. The minimum Gasteiger partial charge on any atom is -0.393 e. The monoisotopic (exact) mass is 399 g/mol. The number of anilines is 1. The predicted octanol–water partition coefficient (Wildman–Crippen LogP) is 3.31. The third-order valence-electron chi connectivity index (χ3n) is 5.58. The summed E-state index contributed by atoms with van der Waals surface area (Å²) in [5, 5.41) is 16.4. The van der Waals surface area contributed by atoms with E-state index < -0.39 is 0 Å². The number of aliphatic hydroxyl groups excluding tert-OH is 1. The Morgan fingerprint density at radius 1 is 1.11 bits per heavy atom. The molecule has 0 unspecified atom stereocenters. The smallest absolute Gasteiger partial charge is 0.257 e. The van der Waals surface area contributed by atoms with Crippen molar-refractivity contribution in [1.82, 2.24) is 10.3 Å². The van der Waals surface area contributed by atoms with Crippen molar-refractivity contribution in [2.45, 2.75) is 63.5 Å². The number of pyridine rings is 1. The van der Waals surface area contributed by atoms with Crippen molar-refractivity contribution in [3.05, 3.63) is 46.1 Å². The number of carbonyl (C=O) groups is 2. The van der Waals surface area contributed by atoms with Crippen LogP contribution in [0.5, 0.6) is 0 Å². The standard InChI is InChI=1S/C21H25N3O3S/c25-15-9-7-14(8-10-15)23-20(27)18-16-5-1-2-6-17(16)28-21(18)24-19(26)13-4-3-11-22-12-13/h3-4,11-12,14-15,25H,1-2,5-10H2,(H,23,27)(H,24,26). The third-order valence-corrected chi connectivity index (χ3v) is 6.79. The SMILES string of the molecule is O=C(Nc1sc2c(c1C(=O)NC1CCC(O)CC1)CCCC2)c1cccnc1. The van der Waals surface area contributed by atoms with Gasteiger partial charge in [0.05, 0.1) is 17.2 Å². The maximum atomic E-state index is 13.1. The van der Waals surface area contributed by atoms with Gasteiger partial charge >= 0.3 is 0 Å². The number of thiophene rings is 1. The van der Waals surface area contributed by atoms with Crippen molar-refractivity contribution in [2.75, 3.05) is 5.32 Å². The number of aryl methyl sites for hydroxylation is 1. The van der Waals surface area contributed by atoms with Crippen molar-refractivity contribution < 1.29 is 14.7 Å². The zero-order valence-electron chi connectivity index (χ0n) is 15.7. The van der Waals surface area contributed by atoms with E-state index in [4.69, 9.17) is 0 Å². The maximum Gasteiger partial charge on any atom is 0.257 e. The molecule has 6 nitrogen and oxygen atoms in total. The number of hydrogen-bond donors (Lipinski definition) is 3. The Morgan fingerprint density at radius 2 is 1.89 bits per heavy atom.